The molecule has 0 aliphatic carbocycles. The molecule has 0 radical (unpaired) electrons. The number of thiophene rings is 2. The molecular weight excluding hydrogens is 689 g/mol. The molecule has 2 heteroatoms. The Bertz CT molecular complexity index is 3430. The zero-order valence-corrected chi connectivity index (χ0v) is 30.8. The van der Waals surface area contributed by atoms with Crippen molar-refractivity contribution in [2.45, 2.75) is 0 Å². The molecule has 0 saturated heterocycles. The molecule has 0 aliphatic rings. The summed E-state index contributed by atoms with van der Waals surface area (Å²) >= 11 is 3.82. The van der Waals surface area contributed by atoms with Crippen LogP contribution < -0.4 is 0 Å². The molecule has 0 aliphatic heterocycles. The lowest BCUT2D eigenvalue weighted by atomic mass is 9.85. The van der Waals surface area contributed by atoms with Crippen LogP contribution in [0.2, 0.25) is 0 Å². The predicted octanol–water partition coefficient (Wildman–Crippen LogP) is 16.0. The largest absolute Gasteiger partial charge is 0.135 e. The van der Waals surface area contributed by atoms with Crippen molar-refractivity contribution in [3.8, 4) is 33.4 Å². The van der Waals surface area contributed by atoms with Gasteiger partial charge in [-0.15, -0.1) is 22.7 Å². The molecule has 0 unspecified atom stereocenters. The van der Waals surface area contributed by atoms with Gasteiger partial charge in [0, 0.05) is 45.7 Å². The van der Waals surface area contributed by atoms with Gasteiger partial charge in [-0.1, -0.05) is 146 Å². The Labute approximate surface area is 319 Å². The van der Waals surface area contributed by atoms with Crippen LogP contribution in [0.25, 0.3) is 117 Å². The number of hydrogen-bond donors (Lipinski definition) is 0. The molecule has 0 N–H and O–H groups in total. The number of hydrogen-bond acceptors (Lipinski definition) is 2. The zero-order chi connectivity index (χ0) is 35.3. The summed E-state index contributed by atoms with van der Waals surface area (Å²) in [5.41, 5.74) is 7.58. The van der Waals surface area contributed by atoms with Gasteiger partial charge in [-0.05, 0) is 107 Å². The Balaban J connectivity index is 1.09. The maximum absolute atomic E-state index is 2.46. The maximum atomic E-state index is 2.46. The first-order valence-corrected chi connectivity index (χ1v) is 20.1. The fourth-order valence-electron chi connectivity index (χ4n) is 8.96. The van der Waals surface area contributed by atoms with Gasteiger partial charge in [0.25, 0.3) is 0 Å². The van der Waals surface area contributed by atoms with Crippen molar-refractivity contribution in [2.24, 2.45) is 0 Å². The van der Waals surface area contributed by atoms with Crippen LogP contribution in [0.1, 0.15) is 0 Å². The second kappa shape index (κ2) is 11.6. The Kier molecular flexibility index (Phi) is 6.48. The minimum Gasteiger partial charge on any atom is -0.135 e. The van der Waals surface area contributed by atoms with Crippen LogP contribution in [-0.4, -0.2) is 0 Å². The lowest BCUT2D eigenvalue weighted by molar-refractivity contribution is 1.65. The van der Waals surface area contributed by atoms with Crippen molar-refractivity contribution in [3.63, 3.8) is 0 Å². The number of benzene rings is 10. The molecule has 2 aromatic heterocycles. The van der Waals surface area contributed by atoms with E-state index in [1.165, 1.54) is 117 Å². The molecule has 0 bridgehead atoms. The third kappa shape index (κ3) is 4.42. The highest BCUT2D eigenvalue weighted by molar-refractivity contribution is 7.27. The van der Waals surface area contributed by atoms with Gasteiger partial charge in [0.2, 0.25) is 0 Å². The molecule has 0 saturated carbocycles. The van der Waals surface area contributed by atoms with Crippen LogP contribution in [0, 0.1) is 0 Å². The summed E-state index contributed by atoms with van der Waals surface area (Å²) in [4.78, 5) is 0. The Morgan fingerprint density at radius 1 is 0.259 bits per heavy atom. The summed E-state index contributed by atoms with van der Waals surface area (Å²) < 4.78 is 5.40. The first-order valence-electron chi connectivity index (χ1n) is 18.5. The van der Waals surface area contributed by atoms with Gasteiger partial charge in [-0.3, -0.25) is 0 Å². The molecule has 12 rings (SSSR count). The van der Waals surface area contributed by atoms with E-state index in [0.717, 1.165) is 0 Å². The first-order chi connectivity index (χ1) is 26.8. The average Bonchev–Trinajstić information content (AvgIpc) is 3.80. The summed E-state index contributed by atoms with van der Waals surface area (Å²) in [6, 6.07) is 67.9. The van der Waals surface area contributed by atoms with E-state index in [2.05, 4.69) is 182 Å². The van der Waals surface area contributed by atoms with E-state index in [4.69, 9.17) is 0 Å². The molecule has 10 aromatic carbocycles. The van der Waals surface area contributed by atoms with Gasteiger partial charge in [0.1, 0.15) is 0 Å². The number of fused-ring (bicyclic) bond motifs is 11. The van der Waals surface area contributed by atoms with E-state index in [1.54, 1.807) is 0 Å². The highest BCUT2D eigenvalue weighted by Crippen LogP contribution is 2.48. The topological polar surface area (TPSA) is 0 Å². The smallest absolute Gasteiger partial charge is 0.0434 e. The van der Waals surface area contributed by atoms with Crippen LogP contribution in [0.4, 0.5) is 0 Å². The van der Waals surface area contributed by atoms with Gasteiger partial charge < -0.3 is 0 Å². The van der Waals surface area contributed by atoms with Gasteiger partial charge >= 0.3 is 0 Å². The standard InChI is InChI=1S/C52H30S2/c1-2-12-34-27-35(26-21-31(34)11-1)51-40-17-5-3-15-38(40)50(39-16-4-6-18-41(39)51)33-24-22-32(23-25-33)42-28-45-37-14-8-10-20-48(37)54-52(45)46-30-49-44(29-43(42)46)36-13-7-9-19-47(36)53-49/h1-30H. The average molecular weight is 719 g/mol. The number of rotatable bonds is 3. The second-order valence-corrected chi connectivity index (χ2v) is 16.5. The molecule has 0 spiro atoms. The highest BCUT2D eigenvalue weighted by Gasteiger charge is 2.19. The molecule has 0 atom stereocenters. The minimum atomic E-state index is 1.23. The van der Waals surface area contributed by atoms with Gasteiger partial charge in [-0.2, -0.15) is 0 Å². The van der Waals surface area contributed by atoms with E-state index in [1.807, 2.05) is 22.7 Å². The highest BCUT2D eigenvalue weighted by atomic mass is 32.1. The molecule has 0 fully saturated rings. The van der Waals surface area contributed by atoms with Crippen molar-refractivity contribution in [1.82, 2.24) is 0 Å². The molecule has 0 amide bonds. The Morgan fingerprint density at radius 2 is 0.759 bits per heavy atom. The maximum Gasteiger partial charge on any atom is 0.0434 e. The van der Waals surface area contributed by atoms with E-state index in [-0.39, 0.29) is 0 Å². The van der Waals surface area contributed by atoms with Gasteiger partial charge in [0.15, 0.2) is 0 Å². The van der Waals surface area contributed by atoms with Gasteiger partial charge in [0.05, 0.1) is 0 Å². The fraction of sp³-hybridized carbons (Fsp3) is 0. The zero-order valence-electron chi connectivity index (χ0n) is 29.1. The quantitative estimate of drug-likeness (QED) is 0.160. The van der Waals surface area contributed by atoms with Crippen molar-refractivity contribution in [1.29, 1.82) is 0 Å². The lowest BCUT2D eigenvalue weighted by Gasteiger charge is -2.18. The van der Waals surface area contributed by atoms with Gasteiger partial charge in [-0.25, -0.2) is 0 Å². The fourth-order valence-corrected chi connectivity index (χ4v) is 11.3. The van der Waals surface area contributed by atoms with Crippen molar-refractivity contribution in [3.05, 3.63) is 182 Å². The van der Waals surface area contributed by atoms with Crippen LogP contribution in [0.5, 0.6) is 0 Å². The predicted molar refractivity (Wildman–Crippen MR) is 239 cm³/mol. The normalized spacial score (nSPS) is 12.1. The van der Waals surface area contributed by atoms with Crippen LogP contribution in [-0.2, 0) is 0 Å². The van der Waals surface area contributed by atoms with E-state index < -0.39 is 0 Å². The summed E-state index contributed by atoms with van der Waals surface area (Å²) in [7, 11) is 0. The Morgan fingerprint density at radius 3 is 1.44 bits per heavy atom. The Hall–Kier alpha value is -6.32. The van der Waals surface area contributed by atoms with Crippen molar-refractivity contribution >= 4 is 106 Å². The molecule has 54 heavy (non-hydrogen) atoms. The molecular formula is C52H30S2. The van der Waals surface area contributed by atoms with Crippen molar-refractivity contribution < 1.29 is 0 Å². The van der Waals surface area contributed by atoms with Crippen LogP contribution in [0.15, 0.2) is 182 Å². The second-order valence-electron chi connectivity index (χ2n) is 14.4. The van der Waals surface area contributed by atoms with Crippen LogP contribution in [0.3, 0.4) is 0 Å². The monoisotopic (exact) mass is 718 g/mol. The molecule has 0 nitrogen and oxygen atoms in total. The summed E-state index contributed by atoms with van der Waals surface area (Å²) in [6.45, 7) is 0. The van der Waals surface area contributed by atoms with Crippen LogP contribution >= 0.6 is 22.7 Å². The SMILES string of the molecule is c1ccc2cc(-c3c4ccccc4c(-c4ccc(-c5cc6c7ccccc7sc6c6cc7sc8ccccc8c7cc56)cc4)c4ccccc34)ccc2c1. The lowest BCUT2D eigenvalue weighted by Crippen LogP contribution is -1.91. The summed E-state index contributed by atoms with van der Waals surface area (Å²) in [5, 5.41) is 15.6. The first kappa shape index (κ1) is 30.2. The third-order valence-electron chi connectivity index (χ3n) is 11.4. The molecule has 250 valence electrons. The van der Waals surface area contributed by atoms with E-state index >= 15 is 0 Å². The minimum absolute atomic E-state index is 1.23. The molecule has 12 aromatic rings. The summed E-state index contributed by atoms with van der Waals surface area (Å²) in [5.74, 6) is 0. The van der Waals surface area contributed by atoms with Crippen molar-refractivity contribution in [2.75, 3.05) is 0 Å². The summed E-state index contributed by atoms with van der Waals surface area (Å²) in [6.07, 6.45) is 0. The molecule has 2 heterocycles. The van der Waals surface area contributed by atoms with E-state index in [0.29, 0.717) is 0 Å². The van der Waals surface area contributed by atoms with E-state index in [9.17, 15) is 0 Å². The third-order valence-corrected chi connectivity index (χ3v) is 13.8.